The molecule has 1 aromatic rings. The van der Waals surface area contributed by atoms with E-state index in [9.17, 15) is 8.42 Å². The molecule has 0 amide bonds. The van der Waals surface area contributed by atoms with Crippen molar-refractivity contribution in [2.24, 2.45) is 0 Å². The Kier molecular flexibility index (Phi) is 6.60. The van der Waals surface area contributed by atoms with Crippen LogP contribution in [0.1, 0.15) is 44.6 Å². The summed E-state index contributed by atoms with van der Waals surface area (Å²) in [5.74, 6) is 0. The van der Waals surface area contributed by atoms with Gasteiger partial charge in [0.2, 0.25) is 10.0 Å². The molecule has 0 aliphatic heterocycles. The molecule has 0 unspecified atom stereocenters. The van der Waals surface area contributed by atoms with Crippen LogP contribution in [0.2, 0.25) is 0 Å². The van der Waals surface area contributed by atoms with Gasteiger partial charge in [0.05, 0.1) is 4.90 Å². The molecule has 2 rings (SSSR count). The van der Waals surface area contributed by atoms with E-state index in [1.807, 2.05) is 19.1 Å². The summed E-state index contributed by atoms with van der Waals surface area (Å²) in [7, 11) is -3.44. The van der Waals surface area contributed by atoms with Crippen LogP contribution in [0.25, 0.3) is 0 Å². The summed E-state index contributed by atoms with van der Waals surface area (Å²) in [6, 6.07) is 7.13. The van der Waals surface area contributed by atoms with Gasteiger partial charge in [-0.1, -0.05) is 49.3 Å². The van der Waals surface area contributed by atoms with Crippen molar-refractivity contribution in [2.45, 2.75) is 50.8 Å². The van der Waals surface area contributed by atoms with Gasteiger partial charge in [-0.2, -0.15) is 4.31 Å². The highest BCUT2D eigenvalue weighted by Gasteiger charge is 2.24. The van der Waals surface area contributed by atoms with Crippen LogP contribution in [0.5, 0.6) is 0 Å². The van der Waals surface area contributed by atoms with Gasteiger partial charge in [0, 0.05) is 13.1 Å². The van der Waals surface area contributed by atoms with Gasteiger partial charge in [0.15, 0.2) is 0 Å². The van der Waals surface area contributed by atoms with E-state index < -0.39 is 10.0 Å². The van der Waals surface area contributed by atoms with E-state index in [0.717, 1.165) is 43.2 Å². The number of hydrogen-bond donors (Lipinski definition) is 0. The first-order valence-corrected chi connectivity index (χ1v) is 9.90. The van der Waals surface area contributed by atoms with Crippen molar-refractivity contribution in [1.82, 2.24) is 4.31 Å². The molecule has 0 heterocycles. The van der Waals surface area contributed by atoms with Gasteiger partial charge in [0.1, 0.15) is 0 Å². The van der Waals surface area contributed by atoms with E-state index in [4.69, 9.17) is 0 Å². The van der Waals surface area contributed by atoms with Crippen molar-refractivity contribution in [3.8, 4) is 0 Å². The fourth-order valence-corrected chi connectivity index (χ4v) is 4.09. The molecule has 0 atom stereocenters. The highest BCUT2D eigenvalue weighted by atomic mass is 32.2. The maximum Gasteiger partial charge on any atom is 0.243 e. The Balaban J connectivity index is 2.25. The lowest BCUT2D eigenvalue weighted by Gasteiger charge is -2.23. The zero-order valence-corrected chi connectivity index (χ0v) is 15.0. The monoisotopic (exact) mass is 333 g/mol. The SMILES string of the molecule is CCCCN(CC1=CCCCC=C1)S(=O)(=O)c1ccc(C)cc1. The van der Waals surface area contributed by atoms with Gasteiger partial charge >= 0.3 is 0 Å². The van der Waals surface area contributed by atoms with Crippen LogP contribution in [-0.2, 0) is 10.0 Å². The molecule has 0 aromatic heterocycles. The number of allylic oxidation sites excluding steroid dienone is 2. The summed E-state index contributed by atoms with van der Waals surface area (Å²) in [6.07, 6.45) is 11.5. The average Bonchev–Trinajstić information content (AvgIpc) is 2.80. The van der Waals surface area contributed by atoms with Gasteiger partial charge in [0.25, 0.3) is 0 Å². The summed E-state index contributed by atoms with van der Waals surface area (Å²) < 4.78 is 27.6. The molecule has 3 nitrogen and oxygen atoms in total. The topological polar surface area (TPSA) is 37.4 Å². The highest BCUT2D eigenvalue weighted by molar-refractivity contribution is 7.89. The smallest absolute Gasteiger partial charge is 0.207 e. The Bertz CT molecular complexity index is 657. The Hall–Kier alpha value is -1.39. The Morgan fingerprint density at radius 2 is 1.87 bits per heavy atom. The van der Waals surface area contributed by atoms with Gasteiger partial charge in [-0.3, -0.25) is 0 Å². The molecule has 1 aliphatic rings. The summed E-state index contributed by atoms with van der Waals surface area (Å²) in [5.41, 5.74) is 2.17. The molecule has 0 bridgehead atoms. The number of benzene rings is 1. The lowest BCUT2D eigenvalue weighted by Crippen LogP contribution is -2.33. The lowest BCUT2D eigenvalue weighted by molar-refractivity contribution is 0.428. The van der Waals surface area contributed by atoms with Crippen molar-refractivity contribution in [3.63, 3.8) is 0 Å². The Morgan fingerprint density at radius 3 is 2.57 bits per heavy atom. The third-order valence-electron chi connectivity index (χ3n) is 4.09. The van der Waals surface area contributed by atoms with Crippen molar-refractivity contribution in [2.75, 3.05) is 13.1 Å². The predicted molar refractivity (Wildman–Crippen MR) is 95.9 cm³/mol. The molecule has 0 spiro atoms. The van der Waals surface area contributed by atoms with E-state index in [1.54, 1.807) is 16.4 Å². The maximum absolute atomic E-state index is 13.0. The number of rotatable bonds is 7. The second-order valence-electron chi connectivity index (χ2n) is 6.12. The summed E-state index contributed by atoms with van der Waals surface area (Å²) in [5, 5.41) is 0. The number of sulfonamides is 1. The standard InChI is InChI=1S/C19H27NO2S/c1-3-4-15-20(16-18-9-7-5-6-8-10-18)23(21,22)19-13-11-17(2)12-14-19/h7,9-14H,3-6,8,15-16H2,1-2H3. The van der Waals surface area contributed by atoms with Gasteiger partial charge in [-0.05, 0) is 50.3 Å². The molecule has 0 saturated heterocycles. The molecular weight excluding hydrogens is 306 g/mol. The van der Waals surface area contributed by atoms with Crippen molar-refractivity contribution in [1.29, 1.82) is 0 Å². The number of unbranched alkanes of at least 4 members (excludes halogenated alkanes) is 1. The first-order chi connectivity index (χ1) is 11.0. The third kappa shape index (κ3) is 5.05. The number of hydrogen-bond acceptors (Lipinski definition) is 2. The van der Waals surface area contributed by atoms with E-state index in [1.165, 1.54) is 0 Å². The third-order valence-corrected chi connectivity index (χ3v) is 5.95. The van der Waals surface area contributed by atoms with Crippen LogP contribution in [-0.4, -0.2) is 25.8 Å². The first-order valence-electron chi connectivity index (χ1n) is 8.46. The van der Waals surface area contributed by atoms with Crippen LogP contribution in [0, 0.1) is 6.92 Å². The van der Waals surface area contributed by atoms with Crippen LogP contribution >= 0.6 is 0 Å². The van der Waals surface area contributed by atoms with Crippen LogP contribution in [0.15, 0.2) is 53.0 Å². The van der Waals surface area contributed by atoms with Crippen LogP contribution in [0.3, 0.4) is 0 Å². The van der Waals surface area contributed by atoms with E-state index in [0.29, 0.717) is 18.0 Å². The van der Waals surface area contributed by atoms with E-state index in [2.05, 4.69) is 25.2 Å². The van der Waals surface area contributed by atoms with Gasteiger partial charge < -0.3 is 0 Å². The maximum atomic E-state index is 13.0. The fourth-order valence-electron chi connectivity index (χ4n) is 2.62. The molecule has 1 aliphatic carbocycles. The van der Waals surface area contributed by atoms with Crippen molar-refractivity contribution < 1.29 is 8.42 Å². The van der Waals surface area contributed by atoms with Crippen molar-refractivity contribution in [3.05, 3.63) is 53.6 Å². The molecule has 0 N–H and O–H groups in total. The summed E-state index contributed by atoms with van der Waals surface area (Å²) >= 11 is 0. The lowest BCUT2D eigenvalue weighted by atomic mass is 10.2. The quantitative estimate of drug-likeness (QED) is 0.739. The van der Waals surface area contributed by atoms with E-state index in [-0.39, 0.29) is 0 Å². The highest BCUT2D eigenvalue weighted by Crippen LogP contribution is 2.20. The van der Waals surface area contributed by atoms with Crippen LogP contribution in [0.4, 0.5) is 0 Å². The zero-order chi connectivity index (χ0) is 16.7. The minimum atomic E-state index is -3.44. The van der Waals surface area contributed by atoms with Crippen LogP contribution < -0.4 is 0 Å². The molecule has 126 valence electrons. The summed E-state index contributed by atoms with van der Waals surface area (Å²) in [4.78, 5) is 0.386. The molecule has 0 radical (unpaired) electrons. The molecule has 4 heteroatoms. The summed E-state index contributed by atoms with van der Waals surface area (Å²) in [6.45, 7) is 5.08. The Morgan fingerprint density at radius 1 is 1.13 bits per heavy atom. The van der Waals surface area contributed by atoms with Gasteiger partial charge in [-0.25, -0.2) is 8.42 Å². The second-order valence-corrected chi connectivity index (χ2v) is 8.06. The molecule has 23 heavy (non-hydrogen) atoms. The zero-order valence-electron chi connectivity index (χ0n) is 14.2. The average molecular weight is 333 g/mol. The molecule has 0 fully saturated rings. The van der Waals surface area contributed by atoms with E-state index >= 15 is 0 Å². The fraction of sp³-hybridized carbons (Fsp3) is 0.474. The molecular formula is C19H27NO2S. The molecule has 1 aromatic carbocycles. The number of aryl methyl sites for hydroxylation is 1. The second kappa shape index (κ2) is 8.46. The minimum Gasteiger partial charge on any atom is -0.207 e. The Labute approximate surface area is 140 Å². The normalized spacial score (nSPS) is 15.5. The first kappa shape index (κ1) is 18.0. The van der Waals surface area contributed by atoms with Crippen molar-refractivity contribution >= 4 is 10.0 Å². The largest absolute Gasteiger partial charge is 0.243 e. The predicted octanol–water partition coefficient (Wildman–Crippen LogP) is 4.45. The van der Waals surface area contributed by atoms with Gasteiger partial charge in [-0.15, -0.1) is 0 Å². The minimum absolute atomic E-state index is 0.386. The molecule has 0 saturated carbocycles. The number of nitrogens with zero attached hydrogens (tertiary/aromatic N) is 1.